The molecule has 1 unspecified atom stereocenters. The van der Waals surface area contributed by atoms with E-state index in [1.54, 1.807) is 7.05 Å². The second-order valence-electron chi connectivity index (χ2n) is 6.99. The summed E-state index contributed by atoms with van der Waals surface area (Å²) in [6, 6.07) is 10.5. The Kier molecular flexibility index (Phi) is 5.26. The molecule has 0 spiro atoms. The molecule has 0 amide bonds. The van der Waals surface area contributed by atoms with Gasteiger partial charge in [0.1, 0.15) is 5.75 Å². The number of benzene rings is 2. The van der Waals surface area contributed by atoms with E-state index in [1.807, 2.05) is 13.1 Å². The van der Waals surface area contributed by atoms with Crippen LogP contribution < -0.4 is 10.6 Å². The Hall–Kier alpha value is -1.66. The first-order valence-electron chi connectivity index (χ1n) is 7.87. The maximum atomic E-state index is 10.5. The summed E-state index contributed by atoms with van der Waals surface area (Å²) in [5, 5.41) is 12.8. The molecule has 122 valence electrons. The van der Waals surface area contributed by atoms with Gasteiger partial charge in [-0.05, 0) is 47.3 Å². The molecule has 0 fully saturated rings. The molecule has 0 aromatic heterocycles. The summed E-state index contributed by atoms with van der Waals surface area (Å²) in [6.07, 6.45) is 1.90. The summed E-state index contributed by atoms with van der Waals surface area (Å²) in [5.74, 6) is 0.416. The van der Waals surface area contributed by atoms with E-state index in [0.717, 1.165) is 16.4 Å². The van der Waals surface area contributed by atoms with Crippen molar-refractivity contribution in [3.63, 3.8) is 0 Å². The van der Waals surface area contributed by atoms with Gasteiger partial charge in [-0.3, -0.25) is 4.99 Å². The lowest BCUT2D eigenvalue weighted by molar-refractivity contribution is 0.474. The fraction of sp³-hybridized carbons (Fsp3) is 0.350. The highest BCUT2D eigenvalue weighted by atomic mass is 31.1. The second-order valence-corrected chi connectivity index (χ2v) is 8.28. The Bertz CT molecular complexity index is 742. The Labute approximate surface area is 141 Å². The van der Waals surface area contributed by atoms with Gasteiger partial charge >= 0.3 is 0 Å². The molecule has 1 N–H and O–H groups in total. The molecule has 2 rings (SSSR count). The lowest BCUT2D eigenvalue weighted by Gasteiger charge is -2.22. The van der Waals surface area contributed by atoms with Crippen LogP contribution in [0.3, 0.4) is 0 Å². The highest BCUT2D eigenvalue weighted by Crippen LogP contribution is 2.30. The average Bonchev–Trinajstić information content (AvgIpc) is 2.46. The summed E-state index contributed by atoms with van der Waals surface area (Å²) in [5.41, 5.74) is 4.63. The fourth-order valence-corrected chi connectivity index (χ4v) is 3.94. The Morgan fingerprint density at radius 1 is 1.09 bits per heavy atom. The average molecular weight is 327 g/mol. The van der Waals surface area contributed by atoms with E-state index in [2.05, 4.69) is 63.0 Å². The molecule has 1 atom stereocenters. The van der Waals surface area contributed by atoms with Gasteiger partial charge in [0, 0.05) is 24.1 Å². The van der Waals surface area contributed by atoms with E-state index in [9.17, 15) is 5.11 Å². The molecular formula is C20H26NOP. The third-order valence-corrected chi connectivity index (χ3v) is 5.58. The molecular weight excluding hydrogens is 301 g/mol. The van der Waals surface area contributed by atoms with Gasteiger partial charge in [0.2, 0.25) is 0 Å². The van der Waals surface area contributed by atoms with E-state index in [1.165, 1.54) is 16.4 Å². The number of aryl methyl sites for hydroxylation is 2. The van der Waals surface area contributed by atoms with E-state index < -0.39 is 0 Å². The first-order valence-corrected chi connectivity index (χ1v) is 8.87. The van der Waals surface area contributed by atoms with Crippen LogP contribution in [-0.2, 0) is 5.41 Å². The first kappa shape index (κ1) is 17.7. The quantitative estimate of drug-likeness (QED) is 0.671. The lowest BCUT2D eigenvalue weighted by Crippen LogP contribution is -2.17. The Morgan fingerprint density at radius 3 is 2.39 bits per heavy atom. The van der Waals surface area contributed by atoms with Crippen molar-refractivity contribution in [2.45, 2.75) is 40.0 Å². The van der Waals surface area contributed by atoms with Crippen molar-refractivity contribution < 1.29 is 5.11 Å². The van der Waals surface area contributed by atoms with Crippen LogP contribution in [0, 0.1) is 13.8 Å². The van der Waals surface area contributed by atoms with Crippen molar-refractivity contribution in [3.05, 3.63) is 52.6 Å². The molecule has 0 aliphatic heterocycles. The van der Waals surface area contributed by atoms with Crippen molar-refractivity contribution >= 4 is 25.4 Å². The lowest BCUT2D eigenvalue weighted by atomic mass is 9.86. The Morgan fingerprint density at radius 2 is 1.78 bits per heavy atom. The van der Waals surface area contributed by atoms with Gasteiger partial charge in [0.25, 0.3) is 0 Å². The maximum Gasteiger partial charge on any atom is 0.126 e. The van der Waals surface area contributed by atoms with E-state index in [0.29, 0.717) is 14.3 Å². The number of aromatic hydroxyl groups is 1. The number of phenols is 1. The minimum Gasteiger partial charge on any atom is -0.507 e. The van der Waals surface area contributed by atoms with Crippen LogP contribution in [0.2, 0.25) is 0 Å². The monoisotopic (exact) mass is 327 g/mol. The number of phenolic OH excluding ortho intramolecular Hbond substituents is 1. The van der Waals surface area contributed by atoms with E-state index in [4.69, 9.17) is 0 Å². The van der Waals surface area contributed by atoms with E-state index >= 15 is 0 Å². The van der Waals surface area contributed by atoms with Crippen molar-refractivity contribution in [2.24, 2.45) is 4.99 Å². The molecule has 23 heavy (non-hydrogen) atoms. The van der Waals surface area contributed by atoms with Crippen LogP contribution in [0.25, 0.3) is 0 Å². The zero-order valence-corrected chi connectivity index (χ0v) is 15.9. The van der Waals surface area contributed by atoms with Crippen LogP contribution in [0.1, 0.15) is 43.0 Å². The van der Waals surface area contributed by atoms with Crippen LogP contribution in [0.4, 0.5) is 0 Å². The molecule has 0 bridgehead atoms. The highest BCUT2D eigenvalue weighted by Gasteiger charge is 2.18. The van der Waals surface area contributed by atoms with Crippen LogP contribution >= 0.6 is 8.58 Å². The molecule has 3 heteroatoms. The van der Waals surface area contributed by atoms with Crippen molar-refractivity contribution in [1.82, 2.24) is 0 Å². The maximum absolute atomic E-state index is 10.5. The smallest absolute Gasteiger partial charge is 0.126 e. The van der Waals surface area contributed by atoms with Gasteiger partial charge in [-0.1, -0.05) is 53.6 Å². The number of hydrogen-bond donors (Lipinski definition) is 1. The number of nitrogens with zero attached hydrogens (tertiary/aromatic N) is 1. The predicted molar refractivity (Wildman–Crippen MR) is 104 cm³/mol. The van der Waals surface area contributed by atoms with E-state index in [-0.39, 0.29) is 5.41 Å². The second kappa shape index (κ2) is 6.84. The zero-order valence-electron chi connectivity index (χ0n) is 14.9. The third-order valence-electron chi connectivity index (χ3n) is 4.00. The molecule has 2 nitrogen and oxygen atoms in total. The summed E-state index contributed by atoms with van der Waals surface area (Å²) in [4.78, 5) is 4.16. The summed E-state index contributed by atoms with van der Waals surface area (Å²) < 4.78 is 0. The summed E-state index contributed by atoms with van der Waals surface area (Å²) >= 11 is 0. The largest absolute Gasteiger partial charge is 0.507 e. The van der Waals surface area contributed by atoms with Crippen molar-refractivity contribution in [2.75, 3.05) is 7.05 Å². The number of rotatable bonds is 3. The molecule has 0 saturated heterocycles. The van der Waals surface area contributed by atoms with Gasteiger partial charge in [0.05, 0.1) is 0 Å². The molecule has 0 aliphatic rings. The molecule has 0 aliphatic carbocycles. The van der Waals surface area contributed by atoms with Gasteiger partial charge in [-0.25, -0.2) is 0 Å². The fourth-order valence-electron chi connectivity index (χ4n) is 2.55. The topological polar surface area (TPSA) is 32.6 Å². The van der Waals surface area contributed by atoms with Gasteiger partial charge in [0.15, 0.2) is 0 Å². The highest BCUT2D eigenvalue weighted by molar-refractivity contribution is 7.56. The molecule has 0 heterocycles. The SMILES string of the molecule is CN=Cc1cccc(C)c1Pc1cc(C(C)(C)C)cc(C)c1O. The van der Waals surface area contributed by atoms with Crippen LogP contribution in [0.15, 0.2) is 35.3 Å². The van der Waals surface area contributed by atoms with Crippen molar-refractivity contribution in [1.29, 1.82) is 0 Å². The molecule has 2 aromatic rings. The standard InChI is InChI=1S/C20H26NOP/c1-13-8-7-9-15(12-21-6)19(13)23-17-11-16(20(3,4)5)10-14(2)18(17)22/h7-12,22-23H,1-6H3. The van der Waals surface area contributed by atoms with Crippen LogP contribution in [-0.4, -0.2) is 18.4 Å². The zero-order chi connectivity index (χ0) is 17.2. The normalized spacial score (nSPS) is 12.6. The summed E-state index contributed by atoms with van der Waals surface area (Å²) in [6.45, 7) is 10.7. The first-order chi connectivity index (χ1) is 10.7. The number of aliphatic imine (C=N–C) groups is 1. The van der Waals surface area contributed by atoms with Gasteiger partial charge in [-0.15, -0.1) is 0 Å². The minimum atomic E-state index is 0.0666. The predicted octanol–water partition coefficient (Wildman–Crippen LogP) is 3.98. The van der Waals surface area contributed by atoms with Crippen molar-refractivity contribution in [3.8, 4) is 5.75 Å². The Balaban J connectivity index is 2.55. The summed E-state index contributed by atoms with van der Waals surface area (Å²) in [7, 11) is 2.20. The number of hydrogen-bond acceptors (Lipinski definition) is 2. The molecule has 2 aromatic carbocycles. The minimum absolute atomic E-state index is 0.0666. The van der Waals surface area contributed by atoms with Gasteiger partial charge < -0.3 is 5.11 Å². The third kappa shape index (κ3) is 4.00. The molecule has 0 saturated carbocycles. The van der Waals surface area contributed by atoms with Gasteiger partial charge in [-0.2, -0.15) is 0 Å². The van der Waals surface area contributed by atoms with Crippen LogP contribution in [0.5, 0.6) is 5.75 Å². The molecule has 0 radical (unpaired) electrons.